The molecule has 0 aromatic heterocycles. The number of rotatable bonds is 8. The number of carboxylic acid groups (broad SMARTS) is 1. The van der Waals surface area contributed by atoms with Gasteiger partial charge >= 0.3 is 5.97 Å². The van der Waals surface area contributed by atoms with Crippen LogP contribution in [0, 0.1) is 19.8 Å². The predicted octanol–water partition coefficient (Wildman–Crippen LogP) is 6.72. The fourth-order valence-corrected chi connectivity index (χ4v) is 3.71. The van der Waals surface area contributed by atoms with E-state index in [1.165, 1.54) is 33.4 Å². The molecular formula is C28H30O3. The van der Waals surface area contributed by atoms with Crippen molar-refractivity contribution >= 4 is 11.5 Å². The van der Waals surface area contributed by atoms with Gasteiger partial charge in [-0.05, 0) is 84.4 Å². The SMILES string of the molecule is C/C(=C\COc1ccc(CC(C)C(=O)O)cc1)c1ccc(-c2c(C)cccc2C)cc1. The lowest BCUT2D eigenvalue weighted by Gasteiger charge is -2.11. The van der Waals surface area contributed by atoms with Crippen LogP contribution >= 0.6 is 0 Å². The molecule has 0 aliphatic carbocycles. The number of carboxylic acids is 1. The zero-order chi connectivity index (χ0) is 22.4. The number of aliphatic carboxylic acids is 1. The first kappa shape index (κ1) is 22.4. The van der Waals surface area contributed by atoms with Gasteiger partial charge in [-0.15, -0.1) is 0 Å². The van der Waals surface area contributed by atoms with Crippen molar-refractivity contribution in [2.24, 2.45) is 5.92 Å². The van der Waals surface area contributed by atoms with Crippen LogP contribution in [-0.2, 0) is 11.2 Å². The molecule has 0 heterocycles. The second-order valence-electron chi connectivity index (χ2n) is 8.13. The summed E-state index contributed by atoms with van der Waals surface area (Å²) in [6.07, 6.45) is 2.60. The largest absolute Gasteiger partial charge is 0.490 e. The van der Waals surface area contributed by atoms with Crippen LogP contribution in [-0.4, -0.2) is 17.7 Å². The van der Waals surface area contributed by atoms with E-state index in [9.17, 15) is 4.79 Å². The monoisotopic (exact) mass is 414 g/mol. The maximum atomic E-state index is 11.0. The van der Waals surface area contributed by atoms with E-state index >= 15 is 0 Å². The fourth-order valence-electron chi connectivity index (χ4n) is 3.71. The number of benzene rings is 3. The van der Waals surface area contributed by atoms with E-state index in [1.54, 1.807) is 6.92 Å². The summed E-state index contributed by atoms with van der Waals surface area (Å²) < 4.78 is 5.84. The molecule has 31 heavy (non-hydrogen) atoms. The summed E-state index contributed by atoms with van der Waals surface area (Å²) in [5, 5.41) is 9.03. The lowest BCUT2D eigenvalue weighted by Crippen LogP contribution is -2.12. The van der Waals surface area contributed by atoms with Gasteiger partial charge in [0, 0.05) is 0 Å². The van der Waals surface area contributed by atoms with Crippen molar-refractivity contribution in [3.8, 4) is 16.9 Å². The zero-order valence-corrected chi connectivity index (χ0v) is 18.7. The van der Waals surface area contributed by atoms with Gasteiger partial charge in [-0.3, -0.25) is 4.79 Å². The van der Waals surface area contributed by atoms with Crippen LogP contribution in [0.5, 0.6) is 5.75 Å². The van der Waals surface area contributed by atoms with Gasteiger partial charge in [0.25, 0.3) is 0 Å². The Labute approximate surface area is 185 Å². The van der Waals surface area contributed by atoms with Crippen LogP contribution in [0.4, 0.5) is 0 Å². The molecule has 0 aliphatic heterocycles. The van der Waals surface area contributed by atoms with Crippen LogP contribution in [0.1, 0.15) is 36.1 Å². The first-order valence-corrected chi connectivity index (χ1v) is 10.6. The summed E-state index contributed by atoms with van der Waals surface area (Å²) in [6, 6.07) is 22.7. The Morgan fingerprint density at radius 2 is 1.58 bits per heavy atom. The molecular weight excluding hydrogens is 384 g/mol. The van der Waals surface area contributed by atoms with E-state index < -0.39 is 11.9 Å². The second kappa shape index (κ2) is 10.1. The summed E-state index contributed by atoms with van der Waals surface area (Å²) in [6.45, 7) is 8.59. The molecule has 0 fully saturated rings. The molecule has 3 rings (SSSR count). The molecule has 3 aromatic rings. The summed E-state index contributed by atoms with van der Waals surface area (Å²) in [7, 11) is 0. The van der Waals surface area contributed by atoms with E-state index in [1.807, 2.05) is 24.3 Å². The fraction of sp³-hybridized carbons (Fsp3) is 0.250. The molecule has 0 bridgehead atoms. The Kier molecular flexibility index (Phi) is 7.30. The Balaban J connectivity index is 1.60. The molecule has 0 saturated heterocycles. The number of aryl methyl sites for hydroxylation is 2. The molecule has 1 atom stereocenters. The summed E-state index contributed by atoms with van der Waals surface area (Å²) in [4.78, 5) is 11.0. The van der Waals surface area contributed by atoms with Gasteiger partial charge in [-0.2, -0.15) is 0 Å². The quantitative estimate of drug-likeness (QED) is 0.445. The summed E-state index contributed by atoms with van der Waals surface area (Å²) in [5.74, 6) is -0.386. The Morgan fingerprint density at radius 3 is 2.16 bits per heavy atom. The Hall–Kier alpha value is -3.33. The first-order valence-electron chi connectivity index (χ1n) is 10.6. The van der Waals surface area contributed by atoms with E-state index in [4.69, 9.17) is 9.84 Å². The van der Waals surface area contributed by atoms with Gasteiger partial charge in [0.2, 0.25) is 0 Å². The highest BCUT2D eigenvalue weighted by Crippen LogP contribution is 2.28. The smallest absolute Gasteiger partial charge is 0.306 e. The minimum atomic E-state index is -0.775. The van der Waals surface area contributed by atoms with Gasteiger partial charge in [0.05, 0.1) is 5.92 Å². The molecule has 3 nitrogen and oxygen atoms in total. The Morgan fingerprint density at radius 1 is 0.968 bits per heavy atom. The second-order valence-corrected chi connectivity index (χ2v) is 8.13. The van der Waals surface area contributed by atoms with Crippen molar-refractivity contribution in [1.29, 1.82) is 0 Å². The minimum absolute atomic E-state index is 0.390. The van der Waals surface area contributed by atoms with Gasteiger partial charge in [0.15, 0.2) is 0 Å². The topological polar surface area (TPSA) is 46.5 Å². The normalized spacial score (nSPS) is 12.5. The van der Waals surface area contributed by atoms with Crippen LogP contribution in [0.3, 0.4) is 0 Å². The first-order chi connectivity index (χ1) is 14.8. The molecule has 0 radical (unpaired) electrons. The lowest BCUT2D eigenvalue weighted by atomic mass is 9.94. The molecule has 0 spiro atoms. The van der Waals surface area contributed by atoms with E-state index in [0.29, 0.717) is 13.0 Å². The number of hydrogen-bond acceptors (Lipinski definition) is 2. The van der Waals surface area contributed by atoms with Gasteiger partial charge < -0.3 is 9.84 Å². The minimum Gasteiger partial charge on any atom is -0.490 e. The van der Waals surface area contributed by atoms with Crippen molar-refractivity contribution in [2.45, 2.75) is 34.1 Å². The molecule has 160 valence electrons. The van der Waals surface area contributed by atoms with Crippen LogP contribution < -0.4 is 4.74 Å². The van der Waals surface area contributed by atoms with E-state index in [2.05, 4.69) is 69.3 Å². The number of ether oxygens (including phenoxy) is 1. The predicted molar refractivity (Wildman–Crippen MR) is 127 cm³/mol. The number of hydrogen-bond donors (Lipinski definition) is 1. The zero-order valence-electron chi connectivity index (χ0n) is 18.7. The van der Waals surface area contributed by atoms with Crippen LogP contribution in [0.25, 0.3) is 16.7 Å². The third-order valence-corrected chi connectivity index (χ3v) is 5.64. The van der Waals surface area contributed by atoms with Gasteiger partial charge in [-0.1, -0.05) is 61.5 Å². The lowest BCUT2D eigenvalue weighted by molar-refractivity contribution is -0.141. The van der Waals surface area contributed by atoms with Crippen molar-refractivity contribution in [1.82, 2.24) is 0 Å². The highest BCUT2D eigenvalue weighted by atomic mass is 16.5. The van der Waals surface area contributed by atoms with Gasteiger partial charge in [-0.25, -0.2) is 0 Å². The molecule has 1 N–H and O–H groups in total. The molecule has 0 saturated carbocycles. The Bertz CT molecular complexity index is 1040. The molecule has 0 amide bonds. The van der Waals surface area contributed by atoms with Crippen molar-refractivity contribution in [3.05, 3.63) is 95.1 Å². The highest BCUT2D eigenvalue weighted by Gasteiger charge is 2.11. The molecule has 3 aromatic carbocycles. The maximum Gasteiger partial charge on any atom is 0.306 e. The standard InChI is InChI=1S/C28H30O3/c1-19(16-17-31-26-14-8-23(9-15-26)18-22(4)28(29)30)24-10-12-25(13-11-24)27-20(2)6-5-7-21(27)3/h5-16,22H,17-18H2,1-4H3,(H,29,30)/b19-16+. The molecule has 3 heteroatoms. The average Bonchev–Trinajstić information content (AvgIpc) is 2.75. The summed E-state index contributed by atoms with van der Waals surface area (Å²) in [5.41, 5.74) is 8.46. The third kappa shape index (κ3) is 5.85. The number of allylic oxidation sites excluding steroid dienone is 1. The highest BCUT2D eigenvalue weighted by molar-refractivity contribution is 5.73. The third-order valence-electron chi connectivity index (χ3n) is 5.64. The van der Waals surface area contributed by atoms with E-state index in [0.717, 1.165) is 11.3 Å². The van der Waals surface area contributed by atoms with Gasteiger partial charge in [0.1, 0.15) is 12.4 Å². The maximum absolute atomic E-state index is 11.0. The van der Waals surface area contributed by atoms with Crippen molar-refractivity contribution < 1.29 is 14.6 Å². The van der Waals surface area contributed by atoms with Crippen molar-refractivity contribution in [2.75, 3.05) is 6.61 Å². The number of carbonyl (C=O) groups is 1. The van der Waals surface area contributed by atoms with Crippen LogP contribution in [0.2, 0.25) is 0 Å². The van der Waals surface area contributed by atoms with E-state index in [-0.39, 0.29) is 0 Å². The molecule has 1 unspecified atom stereocenters. The summed E-state index contributed by atoms with van der Waals surface area (Å²) >= 11 is 0. The molecule has 0 aliphatic rings. The van der Waals surface area contributed by atoms with Crippen LogP contribution in [0.15, 0.2) is 72.8 Å². The average molecular weight is 415 g/mol. The van der Waals surface area contributed by atoms with Crippen molar-refractivity contribution in [3.63, 3.8) is 0 Å².